The van der Waals surface area contributed by atoms with E-state index in [1.807, 2.05) is 24.7 Å². The molecule has 0 saturated carbocycles. The lowest BCUT2D eigenvalue weighted by atomic mass is 9.78. The summed E-state index contributed by atoms with van der Waals surface area (Å²) < 4.78 is 9.30. The summed E-state index contributed by atoms with van der Waals surface area (Å²) in [6.07, 6.45) is 5.90. The number of aryl methyl sites for hydroxylation is 1. The van der Waals surface area contributed by atoms with Gasteiger partial charge in [-0.1, -0.05) is 0 Å². The number of carbonyl (C=O) groups excluding carboxylic acids is 1. The molecule has 27 heavy (non-hydrogen) atoms. The number of anilines is 1. The zero-order chi connectivity index (χ0) is 19.1. The first-order chi connectivity index (χ1) is 13.0. The van der Waals surface area contributed by atoms with Gasteiger partial charge in [0.25, 0.3) is 0 Å². The van der Waals surface area contributed by atoms with Crippen LogP contribution in [0, 0.1) is 18.8 Å². The largest absolute Gasteiger partial charge is 0.481 e. The van der Waals surface area contributed by atoms with Crippen molar-refractivity contribution < 1.29 is 19.4 Å². The summed E-state index contributed by atoms with van der Waals surface area (Å²) in [6.45, 7) is 5.41. The number of aliphatic carboxylic acids is 1. The van der Waals surface area contributed by atoms with Gasteiger partial charge < -0.3 is 15.2 Å². The van der Waals surface area contributed by atoms with Crippen molar-refractivity contribution in [3.05, 3.63) is 29.8 Å². The number of aromatic nitrogens is 4. The normalized spacial score (nSPS) is 26.4. The van der Waals surface area contributed by atoms with E-state index in [0.717, 1.165) is 24.2 Å². The van der Waals surface area contributed by atoms with Gasteiger partial charge in [0, 0.05) is 24.0 Å². The van der Waals surface area contributed by atoms with Crippen molar-refractivity contribution >= 4 is 17.6 Å². The third-order valence-electron chi connectivity index (χ3n) is 5.60. The Labute approximate surface area is 156 Å². The van der Waals surface area contributed by atoms with Crippen molar-refractivity contribution in [2.24, 2.45) is 11.8 Å². The molecule has 9 nitrogen and oxygen atoms in total. The molecule has 4 rings (SSSR count). The molecule has 2 aliphatic heterocycles. The Balaban J connectivity index is 1.44. The van der Waals surface area contributed by atoms with Gasteiger partial charge in [-0.25, -0.2) is 0 Å². The van der Waals surface area contributed by atoms with Crippen LogP contribution in [-0.4, -0.2) is 48.8 Å². The summed E-state index contributed by atoms with van der Waals surface area (Å²) in [4.78, 5) is 24.2. The van der Waals surface area contributed by atoms with E-state index in [9.17, 15) is 14.7 Å². The Kier molecular flexibility index (Phi) is 4.47. The standard InChI is InChI=1S/C18H23N5O4/c1-3-23-10(2)11(6-20-23)8-22-9-12(7-19-22)21-17(24)15-13-4-5-14(27-13)16(15)18(25)26/h6-7,9,13-16H,3-5,8H2,1-2H3,(H,21,24)(H,25,26)/t13-,14+,15+,16+/m1/s1. The van der Waals surface area contributed by atoms with E-state index in [2.05, 4.69) is 15.5 Å². The maximum absolute atomic E-state index is 12.7. The Bertz CT molecular complexity index is 873. The first kappa shape index (κ1) is 17.7. The highest BCUT2D eigenvalue weighted by Crippen LogP contribution is 2.44. The molecule has 1 amide bonds. The monoisotopic (exact) mass is 373 g/mol. The summed E-state index contributed by atoms with van der Waals surface area (Å²) in [5.74, 6) is -2.72. The lowest BCUT2D eigenvalue weighted by Crippen LogP contribution is -2.40. The average Bonchev–Trinajstić information content (AvgIpc) is 3.40. The summed E-state index contributed by atoms with van der Waals surface area (Å²) in [6, 6.07) is 0. The van der Waals surface area contributed by atoms with E-state index in [1.165, 1.54) is 0 Å². The Morgan fingerprint density at radius 2 is 2.00 bits per heavy atom. The number of nitrogens with zero attached hydrogens (tertiary/aromatic N) is 4. The second-order valence-corrected chi connectivity index (χ2v) is 7.17. The topological polar surface area (TPSA) is 111 Å². The van der Waals surface area contributed by atoms with Crippen LogP contribution in [0.15, 0.2) is 18.6 Å². The SMILES string of the molecule is CCn1ncc(Cn2cc(NC(=O)[C@@H]3[C@@H](C(=O)O)[C@@H]4CC[C@H]3O4)cn2)c1C. The molecule has 4 heterocycles. The molecule has 2 bridgehead atoms. The number of hydrogen-bond acceptors (Lipinski definition) is 5. The van der Waals surface area contributed by atoms with Crippen LogP contribution in [0.4, 0.5) is 5.69 Å². The van der Waals surface area contributed by atoms with Crippen LogP contribution in [-0.2, 0) is 27.4 Å². The first-order valence-corrected chi connectivity index (χ1v) is 9.20. The minimum Gasteiger partial charge on any atom is -0.481 e. The fraction of sp³-hybridized carbons (Fsp3) is 0.556. The van der Waals surface area contributed by atoms with Crippen molar-refractivity contribution in [2.75, 3.05) is 5.32 Å². The van der Waals surface area contributed by atoms with Gasteiger partial charge in [0.1, 0.15) is 0 Å². The number of ether oxygens (including phenoxy) is 1. The molecule has 2 saturated heterocycles. The lowest BCUT2D eigenvalue weighted by molar-refractivity contribution is -0.147. The molecule has 144 valence electrons. The van der Waals surface area contributed by atoms with E-state index in [4.69, 9.17) is 4.74 Å². The number of carbonyl (C=O) groups is 2. The maximum atomic E-state index is 12.7. The smallest absolute Gasteiger partial charge is 0.310 e. The first-order valence-electron chi connectivity index (χ1n) is 9.20. The van der Waals surface area contributed by atoms with Gasteiger partial charge >= 0.3 is 5.97 Å². The van der Waals surface area contributed by atoms with Crippen LogP contribution in [0.25, 0.3) is 0 Å². The fourth-order valence-electron chi connectivity index (χ4n) is 4.20. The van der Waals surface area contributed by atoms with Gasteiger partial charge in [-0.2, -0.15) is 10.2 Å². The molecule has 2 fully saturated rings. The molecule has 0 unspecified atom stereocenters. The zero-order valence-corrected chi connectivity index (χ0v) is 15.3. The Morgan fingerprint density at radius 1 is 1.26 bits per heavy atom. The van der Waals surface area contributed by atoms with E-state index in [1.54, 1.807) is 17.1 Å². The zero-order valence-electron chi connectivity index (χ0n) is 15.3. The van der Waals surface area contributed by atoms with Gasteiger partial charge in [-0.3, -0.25) is 19.0 Å². The molecule has 2 aromatic rings. The van der Waals surface area contributed by atoms with Crippen LogP contribution in [0.5, 0.6) is 0 Å². The minimum absolute atomic E-state index is 0.311. The average molecular weight is 373 g/mol. The highest BCUT2D eigenvalue weighted by molar-refractivity contribution is 5.96. The van der Waals surface area contributed by atoms with Crippen LogP contribution in [0.2, 0.25) is 0 Å². The number of hydrogen-bond donors (Lipinski definition) is 2. The van der Waals surface area contributed by atoms with Gasteiger partial charge in [0.05, 0.1) is 48.7 Å². The van der Waals surface area contributed by atoms with Crippen LogP contribution < -0.4 is 5.32 Å². The van der Waals surface area contributed by atoms with E-state index < -0.39 is 17.8 Å². The third kappa shape index (κ3) is 3.12. The maximum Gasteiger partial charge on any atom is 0.310 e. The predicted molar refractivity (Wildman–Crippen MR) is 95.1 cm³/mol. The highest BCUT2D eigenvalue weighted by Gasteiger charge is 2.55. The third-order valence-corrected chi connectivity index (χ3v) is 5.60. The fourth-order valence-corrected chi connectivity index (χ4v) is 4.20. The molecular weight excluding hydrogens is 350 g/mol. The van der Waals surface area contributed by atoms with E-state index >= 15 is 0 Å². The van der Waals surface area contributed by atoms with Gasteiger partial charge in [-0.05, 0) is 26.7 Å². The number of rotatable bonds is 6. The number of amides is 1. The van der Waals surface area contributed by atoms with E-state index in [-0.39, 0.29) is 18.1 Å². The van der Waals surface area contributed by atoms with Crippen LogP contribution >= 0.6 is 0 Å². The van der Waals surface area contributed by atoms with Gasteiger partial charge in [0.2, 0.25) is 5.91 Å². The van der Waals surface area contributed by atoms with Crippen LogP contribution in [0.3, 0.4) is 0 Å². The summed E-state index contributed by atoms with van der Waals surface area (Å²) >= 11 is 0. The molecule has 0 spiro atoms. The summed E-state index contributed by atoms with van der Waals surface area (Å²) in [7, 11) is 0. The molecule has 0 radical (unpaired) electrons. The number of fused-ring (bicyclic) bond motifs is 2. The van der Waals surface area contributed by atoms with Crippen LogP contribution in [0.1, 0.15) is 31.0 Å². The predicted octanol–water partition coefficient (Wildman–Crippen LogP) is 1.27. The van der Waals surface area contributed by atoms with Gasteiger partial charge in [0.15, 0.2) is 0 Å². The minimum atomic E-state index is -0.971. The van der Waals surface area contributed by atoms with Crippen molar-refractivity contribution in [1.29, 1.82) is 0 Å². The molecule has 2 aliphatic rings. The van der Waals surface area contributed by atoms with Crippen molar-refractivity contribution in [2.45, 2.75) is 52.0 Å². The number of carboxylic acid groups (broad SMARTS) is 1. The molecule has 2 aromatic heterocycles. The molecule has 0 aliphatic carbocycles. The Hall–Kier alpha value is -2.68. The quantitative estimate of drug-likeness (QED) is 0.789. The molecule has 2 N–H and O–H groups in total. The van der Waals surface area contributed by atoms with Crippen molar-refractivity contribution in [3.8, 4) is 0 Å². The second kappa shape index (κ2) is 6.80. The Morgan fingerprint density at radius 3 is 2.67 bits per heavy atom. The summed E-state index contributed by atoms with van der Waals surface area (Å²) in [5.41, 5.74) is 2.69. The van der Waals surface area contributed by atoms with Crippen molar-refractivity contribution in [3.63, 3.8) is 0 Å². The molecule has 9 heteroatoms. The van der Waals surface area contributed by atoms with Gasteiger partial charge in [-0.15, -0.1) is 0 Å². The summed E-state index contributed by atoms with van der Waals surface area (Å²) in [5, 5.41) is 20.9. The molecule has 4 atom stereocenters. The highest BCUT2D eigenvalue weighted by atomic mass is 16.5. The number of carboxylic acids is 1. The molecular formula is C18H23N5O4. The van der Waals surface area contributed by atoms with Crippen molar-refractivity contribution in [1.82, 2.24) is 19.6 Å². The lowest BCUT2D eigenvalue weighted by Gasteiger charge is -2.23. The molecule has 0 aromatic carbocycles. The number of nitrogens with one attached hydrogen (secondary N) is 1. The van der Waals surface area contributed by atoms with E-state index in [0.29, 0.717) is 18.7 Å². The second-order valence-electron chi connectivity index (χ2n) is 7.17.